The van der Waals surface area contributed by atoms with E-state index in [1.165, 1.54) is 6.07 Å². The van der Waals surface area contributed by atoms with Gasteiger partial charge in [0.05, 0.1) is 6.10 Å². The second-order valence-electron chi connectivity index (χ2n) is 4.80. The first-order valence-electron chi connectivity index (χ1n) is 6.05. The lowest BCUT2D eigenvalue weighted by molar-refractivity contribution is -0.268. The fourth-order valence-electron chi connectivity index (χ4n) is 2.04. The second-order valence-corrected chi connectivity index (χ2v) is 4.80. The van der Waals surface area contributed by atoms with Crippen LogP contribution in [0.25, 0.3) is 0 Å². The summed E-state index contributed by atoms with van der Waals surface area (Å²) in [5.41, 5.74) is 0.786. The number of phenols is 1. The predicted molar refractivity (Wildman–Crippen MR) is 65.8 cm³/mol. The van der Waals surface area contributed by atoms with Gasteiger partial charge in [0, 0.05) is 6.07 Å². The highest BCUT2D eigenvalue weighted by atomic mass is 16.7. The third-order valence-electron chi connectivity index (χ3n) is 3.10. The number of aromatic hydroxyl groups is 1. The molecule has 1 saturated heterocycles. The Kier molecular flexibility index (Phi) is 3.96. The van der Waals surface area contributed by atoms with Crippen molar-refractivity contribution in [3.8, 4) is 11.5 Å². The minimum atomic E-state index is -1.37. The summed E-state index contributed by atoms with van der Waals surface area (Å²) in [6.45, 7) is 3.36. The fraction of sp³-hybridized carbons (Fsp3) is 0.538. The van der Waals surface area contributed by atoms with E-state index < -0.39 is 30.7 Å². The molecule has 6 heteroatoms. The van der Waals surface area contributed by atoms with Crippen LogP contribution in [0.15, 0.2) is 18.2 Å². The quantitative estimate of drug-likeness (QED) is 0.599. The third-order valence-corrected chi connectivity index (χ3v) is 3.10. The summed E-state index contributed by atoms with van der Waals surface area (Å²) >= 11 is 0. The number of hydrogen-bond donors (Lipinski definition) is 4. The van der Waals surface area contributed by atoms with Gasteiger partial charge in [-0.25, -0.2) is 0 Å². The molecular weight excluding hydrogens is 252 g/mol. The summed E-state index contributed by atoms with van der Waals surface area (Å²) in [7, 11) is 0. The number of benzene rings is 1. The lowest BCUT2D eigenvalue weighted by Crippen LogP contribution is -2.58. The molecule has 2 rings (SSSR count). The molecule has 19 heavy (non-hydrogen) atoms. The minimum Gasteiger partial charge on any atom is -0.508 e. The van der Waals surface area contributed by atoms with Crippen molar-refractivity contribution in [1.29, 1.82) is 0 Å². The molecular formula is C13H18O6. The van der Waals surface area contributed by atoms with E-state index in [2.05, 4.69) is 0 Å². The number of aliphatic hydroxyl groups excluding tert-OH is 3. The maximum Gasteiger partial charge on any atom is 0.229 e. The van der Waals surface area contributed by atoms with E-state index in [4.69, 9.17) is 9.47 Å². The maximum absolute atomic E-state index is 9.80. The normalized spacial score (nSPS) is 35.1. The summed E-state index contributed by atoms with van der Waals surface area (Å²) < 4.78 is 10.7. The molecule has 6 nitrogen and oxygen atoms in total. The maximum atomic E-state index is 9.80. The zero-order valence-electron chi connectivity index (χ0n) is 10.7. The molecule has 0 saturated carbocycles. The first-order chi connectivity index (χ1) is 8.88. The van der Waals surface area contributed by atoms with Crippen molar-refractivity contribution < 1.29 is 29.9 Å². The number of ether oxygens (including phenoxy) is 2. The molecule has 0 unspecified atom stereocenters. The Morgan fingerprint density at radius 2 is 1.74 bits per heavy atom. The molecule has 1 aliphatic rings. The van der Waals surface area contributed by atoms with E-state index in [9.17, 15) is 20.4 Å². The standard InChI is InChI=1S/C13H18O6/c1-6-3-8(14)5-9(4-6)19-13-12(17)11(16)10(15)7(2)18-13/h3-5,7,10-17H,1-2H3/t7-,10-,11+,12+,13-/m0/s1. The Morgan fingerprint density at radius 1 is 1.05 bits per heavy atom. The highest BCUT2D eigenvalue weighted by Gasteiger charge is 2.43. The molecule has 106 valence electrons. The van der Waals surface area contributed by atoms with Gasteiger partial charge in [-0.2, -0.15) is 0 Å². The van der Waals surface area contributed by atoms with Gasteiger partial charge in [0.15, 0.2) is 0 Å². The molecule has 0 radical (unpaired) electrons. The number of hydrogen-bond acceptors (Lipinski definition) is 6. The molecule has 1 fully saturated rings. The molecule has 1 aliphatic heterocycles. The predicted octanol–water partition coefficient (Wildman–Crippen LogP) is -0.0931. The lowest BCUT2D eigenvalue weighted by Gasteiger charge is -2.38. The van der Waals surface area contributed by atoms with Gasteiger partial charge in [0.25, 0.3) is 0 Å². The van der Waals surface area contributed by atoms with Crippen LogP contribution in [0.4, 0.5) is 0 Å². The first kappa shape index (κ1) is 14.1. The average Bonchev–Trinajstić information content (AvgIpc) is 2.32. The number of phenolic OH excluding ortho intramolecular Hbond substituents is 1. The molecule has 1 aromatic carbocycles. The Labute approximate surface area is 110 Å². The van der Waals surface area contributed by atoms with Crippen LogP contribution in [0.2, 0.25) is 0 Å². The lowest BCUT2D eigenvalue weighted by atomic mass is 10.00. The van der Waals surface area contributed by atoms with Crippen molar-refractivity contribution >= 4 is 0 Å². The Bertz CT molecular complexity index is 429. The van der Waals surface area contributed by atoms with Crippen LogP contribution in [-0.4, -0.2) is 51.1 Å². The summed E-state index contributed by atoms with van der Waals surface area (Å²) in [5, 5.41) is 38.5. The van der Waals surface area contributed by atoms with Gasteiger partial charge < -0.3 is 29.9 Å². The van der Waals surface area contributed by atoms with E-state index in [-0.39, 0.29) is 5.75 Å². The monoisotopic (exact) mass is 270 g/mol. The van der Waals surface area contributed by atoms with Crippen molar-refractivity contribution in [3.05, 3.63) is 23.8 Å². The highest BCUT2D eigenvalue weighted by Crippen LogP contribution is 2.27. The van der Waals surface area contributed by atoms with Gasteiger partial charge in [0.1, 0.15) is 29.8 Å². The molecule has 0 aliphatic carbocycles. The molecule has 0 spiro atoms. The zero-order valence-corrected chi connectivity index (χ0v) is 10.7. The number of rotatable bonds is 2. The Morgan fingerprint density at radius 3 is 2.37 bits per heavy atom. The third kappa shape index (κ3) is 2.98. The van der Waals surface area contributed by atoms with E-state index in [1.807, 2.05) is 0 Å². The topological polar surface area (TPSA) is 99.4 Å². The molecule has 0 amide bonds. The van der Waals surface area contributed by atoms with Gasteiger partial charge in [-0.3, -0.25) is 0 Å². The van der Waals surface area contributed by atoms with Crippen molar-refractivity contribution in [2.24, 2.45) is 0 Å². The molecule has 0 bridgehead atoms. The van der Waals surface area contributed by atoms with Crippen LogP contribution in [0.5, 0.6) is 11.5 Å². The molecule has 5 atom stereocenters. The van der Waals surface area contributed by atoms with Crippen molar-refractivity contribution in [2.45, 2.75) is 44.6 Å². The van der Waals surface area contributed by atoms with E-state index in [0.29, 0.717) is 5.75 Å². The van der Waals surface area contributed by atoms with Gasteiger partial charge in [0.2, 0.25) is 6.29 Å². The minimum absolute atomic E-state index is 0.0360. The average molecular weight is 270 g/mol. The Hall–Kier alpha value is -1.34. The summed E-state index contributed by atoms with van der Waals surface area (Å²) in [4.78, 5) is 0. The highest BCUT2D eigenvalue weighted by molar-refractivity contribution is 5.36. The van der Waals surface area contributed by atoms with Crippen LogP contribution in [0.3, 0.4) is 0 Å². The van der Waals surface area contributed by atoms with E-state index in [1.54, 1.807) is 26.0 Å². The van der Waals surface area contributed by atoms with Gasteiger partial charge >= 0.3 is 0 Å². The summed E-state index contributed by atoms with van der Waals surface area (Å²) in [5.74, 6) is 0.353. The van der Waals surface area contributed by atoms with Gasteiger partial charge in [-0.1, -0.05) is 0 Å². The number of aryl methyl sites for hydroxylation is 1. The molecule has 0 aromatic heterocycles. The molecule has 4 N–H and O–H groups in total. The molecule has 1 heterocycles. The summed E-state index contributed by atoms with van der Waals surface area (Å²) in [6, 6.07) is 4.61. The fourth-order valence-corrected chi connectivity index (χ4v) is 2.04. The van der Waals surface area contributed by atoms with Crippen molar-refractivity contribution in [1.82, 2.24) is 0 Å². The number of aliphatic hydroxyl groups is 3. The molecule has 1 aromatic rings. The van der Waals surface area contributed by atoms with Gasteiger partial charge in [-0.05, 0) is 31.5 Å². The second kappa shape index (κ2) is 5.34. The van der Waals surface area contributed by atoms with Crippen molar-refractivity contribution in [2.75, 3.05) is 0 Å². The van der Waals surface area contributed by atoms with Crippen LogP contribution in [-0.2, 0) is 4.74 Å². The Balaban J connectivity index is 2.13. The van der Waals surface area contributed by atoms with Crippen LogP contribution in [0.1, 0.15) is 12.5 Å². The van der Waals surface area contributed by atoms with Crippen molar-refractivity contribution in [3.63, 3.8) is 0 Å². The smallest absolute Gasteiger partial charge is 0.229 e. The van der Waals surface area contributed by atoms with Crippen LogP contribution >= 0.6 is 0 Å². The van der Waals surface area contributed by atoms with Crippen LogP contribution in [0, 0.1) is 6.92 Å². The van der Waals surface area contributed by atoms with E-state index in [0.717, 1.165) is 5.56 Å². The zero-order chi connectivity index (χ0) is 14.2. The summed E-state index contributed by atoms with van der Waals surface area (Å²) in [6.07, 6.45) is -5.64. The SMILES string of the molecule is Cc1cc(O)cc(O[C@@H]2O[C@@H](C)[C@H](O)[C@@H](O)[C@H]2O)c1. The van der Waals surface area contributed by atoms with E-state index >= 15 is 0 Å². The largest absolute Gasteiger partial charge is 0.508 e. The van der Waals surface area contributed by atoms with Crippen LogP contribution < -0.4 is 4.74 Å². The first-order valence-corrected chi connectivity index (χ1v) is 6.05. The van der Waals surface area contributed by atoms with Gasteiger partial charge in [-0.15, -0.1) is 0 Å².